The van der Waals surface area contributed by atoms with Gasteiger partial charge in [0.1, 0.15) is 5.75 Å². The average molecular weight is 448 g/mol. The minimum atomic E-state index is -0.443. The van der Waals surface area contributed by atoms with E-state index in [0.717, 1.165) is 18.2 Å². The Morgan fingerprint density at radius 2 is 2.00 bits per heavy atom. The molecule has 2 amide bonds. The van der Waals surface area contributed by atoms with Gasteiger partial charge in [-0.2, -0.15) is 0 Å². The minimum Gasteiger partial charge on any atom is -0.482 e. The van der Waals surface area contributed by atoms with E-state index in [1.807, 2.05) is 31.2 Å². The van der Waals surface area contributed by atoms with E-state index in [-0.39, 0.29) is 30.2 Å². The number of fused-ring (bicyclic) bond motifs is 2. The number of hydrogen-bond donors (Lipinski definition) is 2. The molecule has 2 aliphatic rings. The van der Waals surface area contributed by atoms with Crippen LogP contribution in [0, 0.1) is 0 Å². The third kappa shape index (κ3) is 4.18. The maximum absolute atomic E-state index is 13.1. The lowest BCUT2D eigenvalue weighted by Crippen LogP contribution is -2.26. The highest BCUT2D eigenvalue weighted by Gasteiger charge is 2.26. The van der Waals surface area contributed by atoms with E-state index in [0.29, 0.717) is 33.1 Å². The quantitative estimate of drug-likeness (QED) is 0.440. The summed E-state index contributed by atoms with van der Waals surface area (Å²) in [6.07, 6.45) is 2.02. The number of anilines is 1. The number of nitrogens with zero attached hydrogens (tertiary/aromatic N) is 1. The van der Waals surface area contributed by atoms with Gasteiger partial charge < -0.3 is 15.4 Å². The monoisotopic (exact) mass is 447 g/mol. The molecule has 3 aromatic rings. The number of ketones is 1. The molecule has 32 heavy (non-hydrogen) atoms. The summed E-state index contributed by atoms with van der Waals surface area (Å²) in [4.78, 5) is 42.1. The summed E-state index contributed by atoms with van der Waals surface area (Å²) in [5, 5.41) is 6.72. The molecular formula is C24H21N3O4S. The van der Waals surface area contributed by atoms with Crippen molar-refractivity contribution in [1.82, 2.24) is 10.3 Å². The molecule has 0 saturated heterocycles. The third-order valence-electron chi connectivity index (χ3n) is 5.41. The first-order chi connectivity index (χ1) is 15.5. The molecule has 1 unspecified atom stereocenters. The molecule has 162 valence electrons. The fourth-order valence-electron chi connectivity index (χ4n) is 3.60. The normalized spacial score (nSPS) is 16.0. The number of hydrogen-bond acceptors (Lipinski definition) is 6. The molecule has 2 N–H and O–H groups in total. The number of rotatable bonds is 6. The van der Waals surface area contributed by atoms with Gasteiger partial charge in [0.15, 0.2) is 12.4 Å². The van der Waals surface area contributed by atoms with Crippen LogP contribution in [0.3, 0.4) is 0 Å². The second kappa shape index (κ2) is 8.27. The van der Waals surface area contributed by atoms with Crippen LogP contribution in [0.15, 0.2) is 53.6 Å². The Hall–Kier alpha value is -3.39. The zero-order chi connectivity index (χ0) is 22.2. The van der Waals surface area contributed by atoms with Gasteiger partial charge in [0.25, 0.3) is 11.8 Å². The zero-order valence-corrected chi connectivity index (χ0v) is 18.2. The van der Waals surface area contributed by atoms with E-state index in [1.165, 1.54) is 11.8 Å². The zero-order valence-electron chi connectivity index (χ0n) is 17.4. The van der Waals surface area contributed by atoms with Crippen LogP contribution < -0.4 is 15.4 Å². The van der Waals surface area contributed by atoms with E-state index in [2.05, 4.69) is 15.6 Å². The molecule has 1 aliphatic carbocycles. The lowest BCUT2D eigenvalue weighted by molar-refractivity contribution is -0.118. The predicted octanol–water partition coefficient (Wildman–Crippen LogP) is 3.82. The number of nitrogens with one attached hydrogen (secondary N) is 2. The topological polar surface area (TPSA) is 97.4 Å². The molecule has 0 bridgehead atoms. The SMILES string of the molecule is CC(Sc1cc(C(=O)NC2CC2)c2ccccc2n1)C(=O)c1ccc2c(c1)NC(=O)CO2. The molecule has 1 aliphatic heterocycles. The third-order valence-corrected chi connectivity index (χ3v) is 6.43. The maximum atomic E-state index is 13.1. The van der Waals surface area contributed by atoms with E-state index < -0.39 is 5.25 Å². The minimum absolute atomic E-state index is 0.0309. The number of carbonyl (C=O) groups is 3. The van der Waals surface area contributed by atoms with Gasteiger partial charge >= 0.3 is 0 Å². The molecule has 0 spiro atoms. The van der Waals surface area contributed by atoms with Crippen LogP contribution in [0.25, 0.3) is 10.9 Å². The van der Waals surface area contributed by atoms with Crippen LogP contribution in [0.1, 0.15) is 40.5 Å². The average Bonchev–Trinajstić information content (AvgIpc) is 3.61. The Kier molecular flexibility index (Phi) is 5.30. The molecule has 2 aromatic carbocycles. The number of amides is 2. The van der Waals surface area contributed by atoms with E-state index >= 15 is 0 Å². The number of carbonyl (C=O) groups excluding carboxylic acids is 3. The molecule has 7 nitrogen and oxygen atoms in total. The van der Waals surface area contributed by atoms with Crippen molar-refractivity contribution in [1.29, 1.82) is 0 Å². The summed E-state index contributed by atoms with van der Waals surface area (Å²) in [5.74, 6) is 0.0831. The molecule has 2 heterocycles. The van der Waals surface area contributed by atoms with Crippen LogP contribution in [-0.4, -0.2) is 40.5 Å². The Bertz CT molecular complexity index is 1260. The maximum Gasteiger partial charge on any atom is 0.262 e. The van der Waals surface area contributed by atoms with Crippen molar-refractivity contribution in [3.8, 4) is 5.75 Å². The lowest BCUT2D eigenvalue weighted by Gasteiger charge is -2.19. The van der Waals surface area contributed by atoms with Gasteiger partial charge in [0, 0.05) is 17.0 Å². The van der Waals surface area contributed by atoms with Crippen molar-refractivity contribution in [2.75, 3.05) is 11.9 Å². The van der Waals surface area contributed by atoms with Gasteiger partial charge in [-0.05, 0) is 50.1 Å². The molecule has 1 fully saturated rings. The summed E-state index contributed by atoms with van der Waals surface area (Å²) in [7, 11) is 0. The summed E-state index contributed by atoms with van der Waals surface area (Å²) in [5.41, 5.74) is 2.25. The second-order valence-corrected chi connectivity index (χ2v) is 9.31. The first-order valence-electron chi connectivity index (χ1n) is 10.5. The summed E-state index contributed by atoms with van der Waals surface area (Å²) in [6, 6.07) is 14.5. The van der Waals surface area contributed by atoms with Crippen molar-refractivity contribution in [3.05, 3.63) is 59.7 Å². The largest absolute Gasteiger partial charge is 0.482 e. The Morgan fingerprint density at radius 1 is 1.19 bits per heavy atom. The van der Waals surface area contributed by atoms with Gasteiger partial charge in [0.2, 0.25) is 0 Å². The highest BCUT2D eigenvalue weighted by molar-refractivity contribution is 8.00. The highest BCUT2D eigenvalue weighted by atomic mass is 32.2. The molecular weight excluding hydrogens is 426 g/mol. The van der Waals surface area contributed by atoms with Crippen molar-refractivity contribution in [3.63, 3.8) is 0 Å². The summed E-state index contributed by atoms with van der Waals surface area (Å²) >= 11 is 1.31. The first-order valence-corrected chi connectivity index (χ1v) is 11.3. The number of benzene rings is 2. The van der Waals surface area contributed by atoms with Gasteiger partial charge in [-0.1, -0.05) is 30.0 Å². The van der Waals surface area contributed by atoms with Crippen LogP contribution in [0.2, 0.25) is 0 Å². The number of thioether (sulfide) groups is 1. The van der Waals surface area contributed by atoms with Crippen LogP contribution in [-0.2, 0) is 4.79 Å². The first kappa shape index (κ1) is 20.5. The van der Waals surface area contributed by atoms with E-state index in [1.54, 1.807) is 24.3 Å². The Balaban J connectivity index is 1.40. The number of Topliss-reactive ketones (excluding diaryl/α,β-unsaturated/α-hetero) is 1. The lowest BCUT2D eigenvalue weighted by atomic mass is 10.1. The number of ether oxygens (including phenoxy) is 1. The van der Waals surface area contributed by atoms with Gasteiger partial charge in [-0.15, -0.1) is 0 Å². The van der Waals surface area contributed by atoms with Crippen molar-refractivity contribution in [2.24, 2.45) is 0 Å². The second-order valence-electron chi connectivity index (χ2n) is 7.95. The summed E-state index contributed by atoms with van der Waals surface area (Å²) in [6.45, 7) is 1.78. The van der Waals surface area contributed by atoms with Crippen molar-refractivity contribution >= 4 is 45.9 Å². The van der Waals surface area contributed by atoms with Crippen molar-refractivity contribution in [2.45, 2.75) is 36.1 Å². The van der Waals surface area contributed by atoms with Gasteiger partial charge in [-0.3, -0.25) is 14.4 Å². The molecule has 1 saturated carbocycles. The fourth-order valence-corrected chi connectivity index (χ4v) is 4.54. The van der Waals surface area contributed by atoms with E-state index in [4.69, 9.17) is 4.74 Å². The smallest absolute Gasteiger partial charge is 0.262 e. The molecule has 8 heteroatoms. The van der Waals surface area contributed by atoms with Crippen LogP contribution in [0.4, 0.5) is 5.69 Å². The molecule has 5 rings (SSSR count). The van der Waals surface area contributed by atoms with Gasteiger partial charge in [-0.25, -0.2) is 4.98 Å². The molecule has 1 atom stereocenters. The Morgan fingerprint density at radius 3 is 2.81 bits per heavy atom. The number of aromatic nitrogens is 1. The molecule has 0 radical (unpaired) electrons. The fraction of sp³-hybridized carbons (Fsp3) is 0.250. The number of para-hydroxylation sites is 1. The van der Waals surface area contributed by atoms with Crippen LogP contribution >= 0.6 is 11.8 Å². The Labute approximate surface area is 188 Å². The standard InChI is InChI=1S/C24H21N3O4S/c1-13(23(29)14-6-9-20-19(10-14)26-21(28)12-31-20)32-22-11-17(24(30)25-15-7-8-15)16-4-2-3-5-18(16)27-22/h2-6,9-11,13,15H,7-8,12H2,1H3,(H,25,30)(H,26,28). The van der Waals surface area contributed by atoms with E-state index in [9.17, 15) is 14.4 Å². The summed E-state index contributed by atoms with van der Waals surface area (Å²) < 4.78 is 5.36. The number of pyridine rings is 1. The van der Waals surface area contributed by atoms with Crippen LogP contribution in [0.5, 0.6) is 5.75 Å². The highest BCUT2D eigenvalue weighted by Crippen LogP contribution is 2.32. The van der Waals surface area contributed by atoms with Gasteiger partial charge in [0.05, 0.1) is 27.0 Å². The van der Waals surface area contributed by atoms with Crippen molar-refractivity contribution < 1.29 is 19.1 Å². The predicted molar refractivity (Wildman–Crippen MR) is 122 cm³/mol. The molecule has 1 aromatic heterocycles.